The summed E-state index contributed by atoms with van der Waals surface area (Å²) in [7, 11) is 0. The summed E-state index contributed by atoms with van der Waals surface area (Å²) in [5.74, 6) is 0.00931. The van der Waals surface area contributed by atoms with Crippen LogP contribution >= 0.6 is 27.7 Å². The molecule has 0 aromatic heterocycles. The number of amidine groups is 1. The van der Waals surface area contributed by atoms with Gasteiger partial charge >= 0.3 is 0 Å². The van der Waals surface area contributed by atoms with Crippen molar-refractivity contribution >= 4 is 50.1 Å². The Labute approximate surface area is 140 Å². The van der Waals surface area contributed by atoms with Crippen molar-refractivity contribution in [2.24, 2.45) is 4.99 Å². The number of hydrogen-bond acceptors (Lipinski definition) is 4. The third-order valence-electron chi connectivity index (χ3n) is 3.79. The van der Waals surface area contributed by atoms with E-state index in [0.29, 0.717) is 6.54 Å². The van der Waals surface area contributed by atoms with Gasteiger partial charge in [-0.25, -0.2) is 0 Å². The SMILES string of the molecule is O=C1Nc2ccccc2[C@]12CN=C(Nc1ccc(Br)cc1)S2. The van der Waals surface area contributed by atoms with E-state index in [9.17, 15) is 4.79 Å². The first kappa shape index (κ1) is 13.8. The molecule has 6 heteroatoms. The maximum absolute atomic E-state index is 12.5. The van der Waals surface area contributed by atoms with Gasteiger partial charge in [0.25, 0.3) is 0 Å². The molecule has 0 bridgehead atoms. The summed E-state index contributed by atoms with van der Waals surface area (Å²) in [5, 5.41) is 7.01. The third-order valence-corrected chi connectivity index (χ3v) is 5.62. The number of benzene rings is 2. The number of amides is 1. The molecule has 2 heterocycles. The molecule has 0 unspecified atom stereocenters. The first-order chi connectivity index (χ1) is 10.7. The van der Waals surface area contributed by atoms with Crippen molar-refractivity contribution in [1.29, 1.82) is 0 Å². The third kappa shape index (κ3) is 2.14. The highest BCUT2D eigenvalue weighted by Crippen LogP contribution is 2.49. The fourth-order valence-corrected chi connectivity index (χ4v) is 4.14. The monoisotopic (exact) mass is 373 g/mol. The second-order valence-electron chi connectivity index (χ2n) is 5.18. The van der Waals surface area contributed by atoms with E-state index in [1.807, 2.05) is 48.5 Å². The summed E-state index contributed by atoms with van der Waals surface area (Å²) in [6.45, 7) is 0.458. The van der Waals surface area contributed by atoms with Crippen molar-refractivity contribution in [3.8, 4) is 0 Å². The number of halogens is 1. The predicted octanol–water partition coefficient (Wildman–Crippen LogP) is 3.81. The highest BCUT2D eigenvalue weighted by Gasteiger charge is 2.51. The highest BCUT2D eigenvalue weighted by molar-refractivity contribution is 9.10. The van der Waals surface area contributed by atoms with Gasteiger partial charge in [0.1, 0.15) is 4.75 Å². The average Bonchev–Trinajstić information content (AvgIpc) is 3.06. The zero-order valence-electron chi connectivity index (χ0n) is 11.5. The molecule has 0 fully saturated rings. The normalized spacial score (nSPS) is 22.4. The number of hydrogen-bond donors (Lipinski definition) is 2. The number of rotatable bonds is 1. The molecule has 0 aliphatic carbocycles. The molecule has 2 aromatic carbocycles. The summed E-state index contributed by atoms with van der Waals surface area (Å²) < 4.78 is 0.397. The first-order valence-electron chi connectivity index (χ1n) is 6.84. The first-order valence-corrected chi connectivity index (χ1v) is 8.45. The zero-order valence-corrected chi connectivity index (χ0v) is 13.9. The molecule has 0 saturated carbocycles. The van der Waals surface area contributed by atoms with E-state index < -0.39 is 4.75 Å². The number of carbonyl (C=O) groups excluding carboxylic acids is 1. The molecule has 1 amide bonds. The van der Waals surface area contributed by atoms with Gasteiger partial charge in [0.05, 0.1) is 6.54 Å². The molecule has 0 saturated heterocycles. The van der Waals surface area contributed by atoms with Gasteiger partial charge in [-0.3, -0.25) is 9.79 Å². The van der Waals surface area contributed by atoms with Gasteiger partial charge in [-0.15, -0.1) is 0 Å². The van der Waals surface area contributed by atoms with Crippen molar-refractivity contribution in [2.45, 2.75) is 4.75 Å². The van der Waals surface area contributed by atoms with Gasteiger partial charge in [-0.1, -0.05) is 45.9 Å². The number of aliphatic imine (C=N–C) groups is 1. The quantitative estimate of drug-likeness (QED) is 0.798. The lowest BCUT2D eigenvalue weighted by Crippen LogP contribution is -2.32. The summed E-state index contributed by atoms with van der Waals surface area (Å²) in [6, 6.07) is 15.7. The maximum Gasteiger partial charge on any atom is 0.247 e. The van der Waals surface area contributed by atoms with Crippen LogP contribution in [0.3, 0.4) is 0 Å². The molecular weight excluding hydrogens is 362 g/mol. The van der Waals surface area contributed by atoms with Crippen LogP contribution in [-0.4, -0.2) is 17.6 Å². The van der Waals surface area contributed by atoms with E-state index >= 15 is 0 Å². The minimum Gasteiger partial charge on any atom is -0.335 e. The van der Waals surface area contributed by atoms with Gasteiger partial charge in [-0.05, 0) is 30.3 Å². The number of nitrogens with one attached hydrogen (secondary N) is 2. The Morgan fingerprint density at radius 3 is 2.77 bits per heavy atom. The molecule has 1 spiro atoms. The number of nitrogens with zero attached hydrogens (tertiary/aromatic N) is 1. The van der Waals surface area contributed by atoms with Gasteiger partial charge in [-0.2, -0.15) is 0 Å². The standard InChI is InChI=1S/C16H12BrN3OS/c17-10-5-7-11(8-6-10)19-15-18-9-16(22-15)12-3-1-2-4-13(12)20-14(16)21/h1-8H,9H2,(H,18,19)(H,20,21)/t16-/m1/s1. The number of anilines is 2. The Kier molecular flexibility index (Phi) is 3.23. The minimum absolute atomic E-state index is 0.00931. The van der Waals surface area contributed by atoms with E-state index in [2.05, 4.69) is 31.6 Å². The van der Waals surface area contributed by atoms with Crippen molar-refractivity contribution in [3.63, 3.8) is 0 Å². The van der Waals surface area contributed by atoms with Crippen LogP contribution in [-0.2, 0) is 9.54 Å². The number of thioether (sulfide) groups is 1. The van der Waals surface area contributed by atoms with Crippen molar-refractivity contribution in [2.75, 3.05) is 17.2 Å². The lowest BCUT2D eigenvalue weighted by atomic mass is 10.00. The van der Waals surface area contributed by atoms with E-state index in [1.54, 1.807) is 0 Å². The lowest BCUT2D eigenvalue weighted by molar-refractivity contribution is -0.117. The fraction of sp³-hybridized carbons (Fsp3) is 0.125. The van der Waals surface area contributed by atoms with Crippen LogP contribution in [0.15, 0.2) is 58.0 Å². The summed E-state index contributed by atoms with van der Waals surface area (Å²) in [4.78, 5) is 17.0. The van der Waals surface area contributed by atoms with Gasteiger partial charge in [0.2, 0.25) is 5.91 Å². The molecule has 0 radical (unpaired) electrons. The van der Waals surface area contributed by atoms with Gasteiger partial charge < -0.3 is 10.6 Å². The molecule has 2 aliphatic heterocycles. The Hall–Kier alpha value is -1.79. The topological polar surface area (TPSA) is 53.5 Å². The highest BCUT2D eigenvalue weighted by atomic mass is 79.9. The fourth-order valence-electron chi connectivity index (χ4n) is 2.68. The second kappa shape index (κ2) is 5.14. The molecule has 4 nitrogen and oxygen atoms in total. The molecule has 22 heavy (non-hydrogen) atoms. The predicted molar refractivity (Wildman–Crippen MR) is 94.4 cm³/mol. The van der Waals surface area contributed by atoms with Crippen LogP contribution in [0.5, 0.6) is 0 Å². The van der Waals surface area contributed by atoms with Crippen molar-refractivity contribution in [1.82, 2.24) is 0 Å². The number of para-hydroxylation sites is 1. The summed E-state index contributed by atoms with van der Waals surface area (Å²) >= 11 is 4.90. The van der Waals surface area contributed by atoms with Gasteiger partial charge in [0.15, 0.2) is 5.17 Å². The molecule has 110 valence electrons. The lowest BCUT2D eigenvalue weighted by Gasteiger charge is -2.19. The van der Waals surface area contributed by atoms with Crippen molar-refractivity contribution < 1.29 is 4.79 Å². The molecule has 1 atom stereocenters. The molecule has 2 N–H and O–H groups in total. The number of carbonyl (C=O) groups is 1. The van der Waals surface area contributed by atoms with Crippen LogP contribution < -0.4 is 10.6 Å². The van der Waals surface area contributed by atoms with E-state index in [4.69, 9.17) is 0 Å². The average molecular weight is 374 g/mol. The zero-order chi connectivity index (χ0) is 15.2. The number of fused-ring (bicyclic) bond motifs is 2. The van der Waals surface area contributed by atoms with Crippen LogP contribution in [0.25, 0.3) is 0 Å². The largest absolute Gasteiger partial charge is 0.335 e. The smallest absolute Gasteiger partial charge is 0.247 e. The van der Waals surface area contributed by atoms with E-state index in [0.717, 1.165) is 26.6 Å². The Morgan fingerprint density at radius 2 is 1.95 bits per heavy atom. The van der Waals surface area contributed by atoms with Crippen LogP contribution in [0, 0.1) is 0 Å². The van der Waals surface area contributed by atoms with Gasteiger partial charge in [0, 0.05) is 21.4 Å². The van der Waals surface area contributed by atoms with E-state index in [1.165, 1.54) is 11.8 Å². The Morgan fingerprint density at radius 1 is 1.18 bits per heavy atom. The molecule has 4 rings (SSSR count). The van der Waals surface area contributed by atoms with Crippen LogP contribution in [0.4, 0.5) is 11.4 Å². The maximum atomic E-state index is 12.5. The van der Waals surface area contributed by atoms with Crippen molar-refractivity contribution in [3.05, 3.63) is 58.6 Å². The second-order valence-corrected chi connectivity index (χ2v) is 7.39. The Balaban J connectivity index is 1.59. The van der Waals surface area contributed by atoms with Crippen LogP contribution in [0.1, 0.15) is 5.56 Å². The molecular formula is C16H12BrN3OS. The summed E-state index contributed by atoms with van der Waals surface area (Å²) in [6.07, 6.45) is 0. The minimum atomic E-state index is -0.631. The van der Waals surface area contributed by atoms with Crippen LogP contribution in [0.2, 0.25) is 0 Å². The van der Waals surface area contributed by atoms with E-state index in [-0.39, 0.29) is 5.91 Å². The summed E-state index contributed by atoms with van der Waals surface area (Å²) in [5.41, 5.74) is 2.86. The molecule has 2 aliphatic rings. The Bertz CT molecular complexity index is 790. The molecule has 2 aromatic rings.